The fourth-order valence-electron chi connectivity index (χ4n) is 0. The largest absolute Gasteiger partial charge is 0.198 e. The molecule has 0 aliphatic rings. The van der Waals surface area contributed by atoms with Crippen LogP contribution in [0.15, 0.2) is 5.42 Å². The molecule has 0 amide bonds. The second-order valence-corrected chi connectivity index (χ2v) is 5.69. The van der Waals surface area contributed by atoms with Gasteiger partial charge in [0.2, 0.25) is 0 Å². The Labute approximate surface area is 76.4 Å². The molecule has 0 nitrogen and oxygen atoms in total. The molecular formula is C2FI3. The average Bonchev–Trinajstić information content (AvgIpc) is 1.36. The van der Waals surface area contributed by atoms with Crippen LogP contribution in [0.2, 0.25) is 0 Å². The van der Waals surface area contributed by atoms with Crippen molar-refractivity contribution < 1.29 is 4.39 Å². The Kier molecular flexibility index (Phi) is 5.00. The summed E-state index contributed by atoms with van der Waals surface area (Å²) in [7, 11) is 0. The van der Waals surface area contributed by atoms with Gasteiger partial charge in [-0.15, -0.1) is 0 Å². The zero-order valence-corrected chi connectivity index (χ0v) is 8.98. The molecule has 0 aliphatic carbocycles. The molecule has 0 unspecified atom stereocenters. The van der Waals surface area contributed by atoms with E-state index in [9.17, 15) is 4.39 Å². The molecule has 0 aromatic rings. The Bertz CT molecular complexity index is 58.9. The monoisotopic (exact) mass is 424 g/mol. The van der Waals surface area contributed by atoms with Gasteiger partial charge in [-0.25, -0.2) is 0 Å². The van der Waals surface area contributed by atoms with E-state index in [0.29, 0.717) is 1.59 Å². The highest BCUT2D eigenvalue weighted by atomic mass is 127. The van der Waals surface area contributed by atoms with Crippen molar-refractivity contribution in [2.75, 3.05) is 0 Å². The second-order valence-electron chi connectivity index (χ2n) is 0.521. The highest BCUT2D eigenvalue weighted by Gasteiger charge is 1.88. The summed E-state index contributed by atoms with van der Waals surface area (Å²) in [4.78, 5) is 0. The predicted octanol–water partition coefficient (Wildman–Crippen LogP) is 3.39. The molecule has 0 atom stereocenters. The summed E-state index contributed by atoms with van der Waals surface area (Å²) in [5.74, 6) is 0. The Morgan fingerprint density at radius 1 is 1.17 bits per heavy atom. The summed E-state index contributed by atoms with van der Waals surface area (Å²) in [5.41, 5.74) is 0. The Morgan fingerprint density at radius 3 is 1.33 bits per heavy atom. The van der Waals surface area contributed by atoms with Gasteiger partial charge in [-0.3, -0.25) is 0 Å². The highest BCUT2D eigenvalue weighted by Crippen LogP contribution is 2.25. The SMILES string of the molecule is FC(I)=C(I)I. The van der Waals surface area contributed by atoms with E-state index in [0.717, 1.165) is 0 Å². The van der Waals surface area contributed by atoms with Crippen molar-refractivity contribution in [2.24, 2.45) is 0 Å². The zero-order chi connectivity index (χ0) is 5.15. The molecule has 0 fully saturated rings. The first kappa shape index (κ1) is 7.86. The van der Waals surface area contributed by atoms with Crippen LogP contribution >= 0.6 is 67.8 Å². The summed E-state index contributed by atoms with van der Waals surface area (Å²) >= 11 is 5.46. The van der Waals surface area contributed by atoms with Crippen molar-refractivity contribution in [1.29, 1.82) is 0 Å². The van der Waals surface area contributed by atoms with Crippen LogP contribution in [-0.2, 0) is 0 Å². The van der Waals surface area contributed by atoms with E-state index >= 15 is 0 Å². The summed E-state index contributed by atoms with van der Waals surface area (Å²) in [6, 6.07) is 0. The zero-order valence-electron chi connectivity index (χ0n) is 2.51. The summed E-state index contributed by atoms with van der Waals surface area (Å²) in [6.07, 6.45) is 0. The van der Waals surface area contributed by atoms with Gasteiger partial charge in [0.15, 0.2) is 3.83 Å². The fraction of sp³-hybridized carbons (Fsp3) is 0. The van der Waals surface area contributed by atoms with E-state index in [1.165, 1.54) is 0 Å². The van der Waals surface area contributed by atoms with E-state index < -0.39 is 0 Å². The number of hydrogen-bond acceptors (Lipinski definition) is 0. The third kappa shape index (κ3) is 4.03. The van der Waals surface area contributed by atoms with Crippen LogP contribution in [0, 0.1) is 0 Å². The maximum absolute atomic E-state index is 11.7. The molecule has 0 bridgehead atoms. The Hall–Kier alpha value is 1.86. The van der Waals surface area contributed by atoms with Crippen LogP contribution in [0.5, 0.6) is 0 Å². The summed E-state index contributed by atoms with van der Waals surface area (Å²) in [5, 5.41) is 0. The molecule has 0 heterocycles. The molecule has 0 saturated heterocycles. The third-order valence-electron chi connectivity index (χ3n) is 0.143. The van der Waals surface area contributed by atoms with E-state index in [1.807, 2.05) is 45.2 Å². The minimum absolute atomic E-state index is 0.131. The van der Waals surface area contributed by atoms with Gasteiger partial charge < -0.3 is 0 Å². The van der Waals surface area contributed by atoms with Crippen molar-refractivity contribution in [2.45, 2.75) is 0 Å². The Balaban J connectivity index is 3.68. The van der Waals surface area contributed by atoms with Crippen molar-refractivity contribution in [3.63, 3.8) is 0 Å². The van der Waals surface area contributed by atoms with Gasteiger partial charge in [-0.05, 0) is 67.8 Å². The van der Waals surface area contributed by atoms with Crippen molar-refractivity contribution in [1.82, 2.24) is 0 Å². The molecule has 0 aliphatic heterocycles. The molecule has 0 saturated carbocycles. The van der Waals surface area contributed by atoms with Crippen LogP contribution in [0.4, 0.5) is 4.39 Å². The predicted molar refractivity (Wildman–Crippen MR) is 50.2 cm³/mol. The maximum atomic E-state index is 11.7. The molecule has 0 radical (unpaired) electrons. The van der Waals surface area contributed by atoms with Crippen molar-refractivity contribution in [3.05, 3.63) is 5.42 Å². The van der Waals surface area contributed by atoms with E-state index in [1.54, 1.807) is 22.6 Å². The minimum Gasteiger partial charge on any atom is -0.198 e. The van der Waals surface area contributed by atoms with Gasteiger partial charge >= 0.3 is 0 Å². The molecule has 36 valence electrons. The van der Waals surface area contributed by atoms with Crippen LogP contribution < -0.4 is 0 Å². The highest BCUT2D eigenvalue weighted by molar-refractivity contribution is 14.2. The number of rotatable bonds is 0. The fourth-order valence-corrected chi connectivity index (χ4v) is 0. The Morgan fingerprint density at radius 2 is 1.33 bits per heavy atom. The summed E-state index contributed by atoms with van der Waals surface area (Å²) in [6.45, 7) is 0. The topological polar surface area (TPSA) is 0 Å². The second kappa shape index (κ2) is 3.81. The van der Waals surface area contributed by atoms with Crippen LogP contribution in [0.3, 0.4) is 0 Å². The minimum atomic E-state index is -0.131. The molecule has 0 N–H and O–H groups in total. The molecular weight excluding hydrogens is 424 g/mol. The van der Waals surface area contributed by atoms with Gasteiger partial charge in [0.25, 0.3) is 0 Å². The van der Waals surface area contributed by atoms with Crippen molar-refractivity contribution in [3.8, 4) is 0 Å². The quantitative estimate of drug-likeness (QED) is 0.524. The summed E-state index contributed by atoms with van der Waals surface area (Å²) < 4.78 is 12.2. The number of hydrogen-bond donors (Lipinski definition) is 0. The molecule has 0 aromatic heterocycles. The van der Waals surface area contributed by atoms with Gasteiger partial charge in [-0.1, -0.05) is 0 Å². The van der Waals surface area contributed by atoms with Crippen molar-refractivity contribution >= 4 is 67.8 Å². The number of halogens is 4. The molecule has 6 heavy (non-hydrogen) atoms. The first-order chi connectivity index (χ1) is 2.64. The van der Waals surface area contributed by atoms with Crippen LogP contribution in [0.25, 0.3) is 0 Å². The third-order valence-corrected chi connectivity index (χ3v) is 3.69. The normalized spacial score (nSPS) is 8.00. The van der Waals surface area contributed by atoms with Gasteiger partial charge in [0.1, 0.15) is 0 Å². The van der Waals surface area contributed by atoms with Crippen LogP contribution in [-0.4, -0.2) is 0 Å². The maximum Gasteiger partial charge on any atom is 0.179 e. The lowest BCUT2D eigenvalue weighted by Gasteiger charge is -1.76. The smallest absolute Gasteiger partial charge is 0.179 e. The molecule has 0 spiro atoms. The molecule has 4 heteroatoms. The first-order valence-electron chi connectivity index (χ1n) is 1.01. The average molecular weight is 424 g/mol. The lowest BCUT2D eigenvalue weighted by Crippen LogP contribution is -1.46. The van der Waals surface area contributed by atoms with Gasteiger partial charge in [0, 0.05) is 0 Å². The first-order valence-corrected chi connectivity index (χ1v) is 4.24. The standard InChI is InChI=1S/C2FI3/c3-1(4)2(5)6. The van der Waals surface area contributed by atoms with E-state index in [4.69, 9.17) is 0 Å². The van der Waals surface area contributed by atoms with Crippen LogP contribution in [0.1, 0.15) is 0 Å². The van der Waals surface area contributed by atoms with E-state index in [-0.39, 0.29) is 3.83 Å². The molecule has 0 rings (SSSR count). The van der Waals surface area contributed by atoms with Gasteiger partial charge in [0.05, 0.1) is 1.59 Å². The lowest BCUT2D eigenvalue weighted by molar-refractivity contribution is 0.714. The van der Waals surface area contributed by atoms with E-state index in [2.05, 4.69) is 0 Å². The van der Waals surface area contributed by atoms with Gasteiger partial charge in [-0.2, -0.15) is 4.39 Å². The molecule has 0 aromatic carbocycles. The lowest BCUT2D eigenvalue weighted by atomic mass is 11.2.